The maximum absolute atomic E-state index is 12.3. The van der Waals surface area contributed by atoms with Gasteiger partial charge in [-0.3, -0.25) is 4.79 Å². The van der Waals surface area contributed by atoms with Crippen LogP contribution in [-0.2, 0) is 20.4 Å². The lowest BCUT2D eigenvalue weighted by molar-refractivity contribution is -0.119. The monoisotopic (exact) mass is 364 g/mol. The van der Waals surface area contributed by atoms with Crippen molar-refractivity contribution in [2.24, 2.45) is 0 Å². The first-order chi connectivity index (χ1) is 11.7. The highest BCUT2D eigenvalue weighted by Gasteiger charge is 2.22. The first kappa shape index (κ1) is 19.2. The highest BCUT2D eigenvalue weighted by molar-refractivity contribution is 7.91. The van der Waals surface area contributed by atoms with Gasteiger partial charge in [0, 0.05) is 11.6 Å². The highest BCUT2D eigenvalue weighted by Crippen LogP contribution is 2.23. The summed E-state index contributed by atoms with van der Waals surface area (Å²) in [7, 11) is -3.62. The van der Waals surface area contributed by atoms with E-state index >= 15 is 0 Å². The van der Waals surface area contributed by atoms with Gasteiger partial charge in [0.15, 0.2) is 9.84 Å². The van der Waals surface area contributed by atoms with Crippen LogP contribution in [0.2, 0.25) is 0 Å². The number of hydrogen-bond acceptors (Lipinski definition) is 5. The number of amides is 1. The molecule has 1 atom stereocenters. The molecule has 25 heavy (non-hydrogen) atoms. The number of hydrogen-bond donors (Lipinski definition) is 1. The van der Waals surface area contributed by atoms with Crippen LogP contribution in [0.3, 0.4) is 0 Å². The van der Waals surface area contributed by atoms with E-state index in [9.17, 15) is 13.2 Å². The van der Waals surface area contributed by atoms with Crippen LogP contribution in [0.5, 0.6) is 0 Å². The maximum atomic E-state index is 12.3. The van der Waals surface area contributed by atoms with Gasteiger partial charge in [-0.05, 0) is 39.3 Å². The zero-order valence-electron chi connectivity index (χ0n) is 15.0. The number of sulfone groups is 1. The number of aryl methyl sites for hydroxylation is 2. The minimum Gasteiger partial charge on any atom is -0.441 e. The van der Waals surface area contributed by atoms with Gasteiger partial charge in [-0.1, -0.05) is 24.6 Å². The topological polar surface area (TPSA) is 89.3 Å². The second kappa shape index (κ2) is 7.82. The summed E-state index contributed by atoms with van der Waals surface area (Å²) in [5, 5.41) is 2.66. The van der Waals surface area contributed by atoms with Gasteiger partial charge in [-0.25, -0.2) is 13.4 Å². The Kier molecular flexibility index (Phi) is 6.00. The predicted octanol–water partition coefficient (Wildman–Crippen LogP) is 2.79. The molecule has 0 saturated heterocycles. The second-order valence-corrected chi connectivity index (χ2v) is 8.36. The van der Waals surface area contributed by atoms with Gasteiger partial charge in [0.25, 0.3) is 0 Å². The number of oxazole rings is 1. The van der Waals surface area contributed by atoms with E-state index in [1.54, 1.807) is 6.92 Å². The fourth-order valence-electron chi connectivity index (χ4n) is 2.26. The van der Waals surface area contributed by atoms with E-state index in [0.29, 0.717) is 17.3 Å². The molecule has 136 valence electrons. The number of carbonyl (C=O) groups is 1. The Balaban J connectivity index is 2.11. The van der Waals surface area contributed by atoms with Crippen LogP contribution < -0.4 is 5.32 Å². The molecule has 1 heterocycles. The molecule has 1 aromatic heterocycles. The second-order valence-electron chi connectivity index (χ2n) is 6.30. The van der Waals surface area contributed by atoms with Gasteiger partial charge < -0.3 is 9.73 Å². The molecule has 1 amide bonds. The molecule has 7 heteroatoms. The zero-order chi connectivity index (χ0) is 18.6. The number of rotatable bonds is 7. The summed E-state index contributed by atoms with van der Waals surface area (Å²) in [5.41, 5.74) is 2.24. The third kappa shape index (κ3) is 5.42. The molecular weight excluding hydrogens is 340 g/mol. The molecule has 0 aliphatic carbocycles. The Labute approximate surface area is 148 Å². The van der Waals surface area contributed by atoms with Gasteiger partial charge in [-0.2, -0.15) is 0 Å². The van der Waals surface area contributed by atoms with Crippen molar-refractivity contribution in [3.05, 3.63) is 41.3 Å². The minimum atomic E-state index is -3.62. The summed E-state index contributed by atoms with van der Waals surface area (Å²) < 4.78 is 30.2. The number of nitrogens with one attached hydrogen (secondary N) is 1. The van der Waals surface area contributed by atoms with Crippen molar-refractivity contribution in [2.75, 3.05) is 5.75 Å². The molecule has 6 nitrogen and oxygen atoms in total. The smallest absolute Gasteiger partial charge is 0.235 e. The van der Waals surface area contributed by atoms with Gasteiger partial charge >= 0.3 is 0 Å². The van der Waals surface area contributed by atoms with Crippen molar-refractivity contribution in [2.45, 2.75) is 45.9 Å². The highest BCUT2D eigenvalue weighted by atomic mass is 32.2. The molecule has 2 rings (SSSR count). The largest absolute Gasteiger partial charge is 0.441 e. The van der Waals surface area contributed by atoms with Gasteiger partial charge in [-0.15, -0.1) is 0 Å². The van der Waals surface area contributed by atoms with E-state index in [1.807, 2.05) is 45.0 Å². The van der Waals surface area contributed by atoms with Crippen molar-refractivity contribution in [1.29, 1.82) is 0 Å². The molecule has 1 aromatic carbocycles. The first-order valence-electron chi connectivity index (χ1n) is 8.23. The Morgan fingerprint density at radius 1 is 1.24 bits per heavy atom. The third-order valence-electron chi connectivity index (χ3n) is 3.92. The van der Waals surface area contributed by atoms with Crippen molar-refractivity contribution >= 4 is 15.7 Å². The molecule has 0 spiro atoms. The molecule has 2 aromatic rings. The zero-order valence-corrected chi connectivity index (χ0v) is 15.8. The van der Waals surface area contributed by atoms with Gasteiger partial charge in [0.1, 0.15) is 11.5 Å². The summed E-state index contributed by atoms with van der Waals surface area (Å²) in [6.07, 6.45) is 0.744. The molecule has 0 aliphatic heterocycles. The fraction of sp³-hybridized carbons (Fsp3) is 0.444. The Hall–Kier alpha value is -2.15. The lowest BCUT2D eigenvalue weighted by atomic mass is 10.1. The molecule has 0 aliphatic rings. The summed E-state index contributed by atoms with van der Waals surface area (Å²) >= 11 is 0. The van der Waals surface area contributed by atoms with E-state index in [0.717, 1.165) is 17.5 Å². The first-order valence-corrected chi connectivity index (χ1v) is 10.1. The Morgan fingerprint density at radius 2 is 1.88 bits per heavy atom. The Morgan fingerprint density at radius 3 is 2.48 bits per heavy atom. The van der Waals surface area contributed by atoms with Crippen molar-refractivity contribution in [3.8, 4) is 11.5 Å². The average molecular weight is 364 g/mol. The van der Waals surface area contributed by atoms with Crippen LogP contribution in [0.25, 0.3) is 11.5 Å². The SMILES string of the molecule is CC[C@@H](C)NC(=O)CS(=O)(=O)Cc1nc(-c2ccc(C)cc2)oc1C. The van der Waals surface area contributed by atoms with Gasteiger partial charge in [0.05, 0.1) is 11.4 Å². The van der Waals surface area contributed by atoms with E-state index in [1.165, 1.54) is 0 Å². The molecule has 1 N–H and O–H groups in total. The minimum absolute atomic E-state index is 0.0513. The van der Waals surface area contributed by atoms with Crippen LogP contribution >= 0.6 is 0 Å². The summed E-state index contributed by atoms with van der Waals surface area (Å²) in [5.74, 6) is -0.534. The molecule has 0 unspecified atom stereocenters. The van der Waals surface area contributed by atoms with Crippen molar-refractivity contribution in [3.63, 3.8) is 0 Å². The summed E-state index contributed by atoms with van der Waals surface area (Å²) in [4.78, 5) is 16.1. The van der Waals surface area contributed by atoms with Gasteiger partial charge in [0.2, 0.25) is 11.8 Å². The standard InChI is InChI=1S/C18H24N2O4S/c1-5-13(3)19-17(21)11-25(22,23)10-16-14(4)24-18(20-16)15-8-6-12(2)7-9-15/h6-9,13H,5,10-11H2,1-4H3,(H,19,21)/t13-/m1/s1. The van der Waals surface area contributed by atoms with Crippen molar-refractivity contribution < 1.29 is 17.6 Å². The summed E-state index contributed by atoms with van der Waals surface area (Å²) in [6, 6.07) is 7.57. The van der Waals surface area contributed by atoms with Crippen LogP contribution in [-0.4, -0.2) is 31.1 Å². The number of carbonyl (C=O) groups excluding carboxylic acids is 1. The molecule has 0 bridgehead atoms. The molecule has 0 fully saturated rings. The van der Waals surface area contributed by atoms with Crippen LogP contribution in [0.4, 0.5) is 0 Å². The summed E-state index contributed by atoms with van der Waals surface area (Å²) in [6.45, 7) is 7.41. The third-order valence-corrected chi connectivity index (χ3v) is 5.33. The quantitative estimate of drug-likeness (QED) is 0.816. The number of nitrogens with zero attached hydrogens (tertiary/aromatic N) is 1. The molecule has 0 saturated carbocycles. The van der Waals surface area contributed by atoms with Crippen LogP contribution in [0.1, 0.15) is 37.3 Å². The fourth-order valence-corrected chi connectivity index (χ4v) is 3.53. The van der Waals surface area contributed by atoms with Crippen LogP contribution in [0.15, 0.2) is 28.7 Å². The average Bonchev–Trinajstić information content (AvgIpc) is 2.87. The lowest BCUT2D eigenvalue weighted by Gasteiger charge is -2.11. The molecular formula is C18H24N2O4S. The van der Waals surface area contributed by atoms with E-state index in [2.05, 4.69) is 10.3 Å². The van der Waals surface area contributed by atoms with E-state index in [-0.39, 0.29) is 11.8 Å². The van der Waals surface area contributed by atoms with Crippen molar-refractivity contribution in [1.82, 2.24) is 10.3 Å². The Bertz CT molecular complexity index is 838. The lowest BCUT2D eigenvalue weighted by Crippen LogP contribution is -2.36. The predicted molar refractivity (Wildman–Crippen MR) is 96.8 cm³/mol. The maximum Gasteiger partial charge on any atom is 0.235 e. The number of aromatic nitrogens is 1. The normalized spacial score (nSPS) is 12.8. The van der Waals surface area contributed by atoms with E-state index < -0.39 is 21.5 Å². The number of benzene rings is 1. The van der Waals surface area contributed by atoms with Crippen LogP contribution in [0, 0.1) is 13.8 Å². The molecule has 0 radical (unpaired) electrons. The van der Waals surface area contributed by atoms with E-state index in [4.69, 9.17) is 4.42 Å².